The maximum Gasteiger partial charge on any atom is 0.161 e. The molecule has 2 aromatic heterocycles. The summed E-state index contributed by atoms with van der Waals surface area (Å²) >= 11 is 0. The van der Waals surface area contributed by atoms with E-state index < -0.39 is 53.9 Å². The smallest absolute Gasteiger partial charge is 0.161 e. The second kappa shape index (κ2) is 19.8. The van der Waals surface area contributed by atoms with E-state index in [1.807, 2.05) is 55.8 Å². The molecular formula is C60H64N4O8. The van der Waals surface area contributed by atoms with Crippen molar-refractivity contribution in [3.63, 3.8) is 0 Å². The van der Waals surface area contributed by atoms with Gasteiger partial charge in [0.2, 0.25) is 0 Å². The Morgan fingerprint density at radius 3 is 2.54 bits per heavy atom. The highest BCUT2D eigenvalue weighted by atomic mass is 16.5. The molecule has 72 heavy (non-hydrogen) atoms. The first-order valence-electron chi connectivity index (χ1n) is 25.9. The monoisotopic (exact) mass is 968 g/mol. The lowest BCUT2D eigenvalue weighted by molar-refractivity contribution is -0.135. The molecule has 3 aliphatic heterocycles. The highest BCUT2D eigenvalue weighted by Crippen LogP contribution is 2.50. The molecule has 5 aromatic rings. The van der Waals surface area contributed by atoms with Gasteiger partial charge in [0.15, 0.2) is 17.3 Å². The van der Waals surface area contributed by atoms with Gasteiger partial charge in [-0.3, -0.25) is 9.59 Å². The zero-order valence-electron chi connectivity index (χ0n) is 40.7. The lowest BCUT2D eigenvalue weighted by Crippen LogP contribution is -2.43. The van der Waals surface area contributed by atoms with Crippen molar-refractivity contribution >= 4 is 29.5 Å². The van der Waals surface area contributed by atoms with Crippen LogP contribution in [0.2, 0.25) is 0 Å². The van der Waals surface area contributed by atoms with E-state index in [1.54, 1.807) is 24.3 Å². The standard InChI is InChI=1S/C60H64N4O8/c1-61-33-37-11-15-50-48-31-51-43(19-24-62-51)49(32-60(71)22-17-36-5-4-8-52(66)40(36)18-23-60)55(48)58(70)46(21-26-65)53(67)16-10-35-28-38(57(69)54(30-35)72-39-6-2-3-7-39)27-34-9-12-41-44(56(37)68)14-13-42(47(41)29-34)45-20-25-63-59(45)64-50/h4-5,8-9,12-14,18-20,23-25,28-31,37,39,42,44,46,49-50,55-56,61-66,68-69,71H,2-3,6-7,10,16-17,21-22,26-27,32-33H2,1H3. The van der Waals surface area contributed by atoms with Crippen molar-refractivity contribution in [2.75, 3.05) is 25.5 Å². The minimum Gasteiger partial charge on any atom is -0.507 e. The van der Waals surface area contributed by atoms with Crippen LogP contribution in [-0.4, -0.2) is 91.1 Å². The molecule has 9 atom stereocenters. The quantitative estimate of drug-likeness (QED) is 0.0416. The van der Waals surface area contributed by atoms with E-state index in [0.717, 1.165) is 70.3 Å². The number of carbonyl (C=O) groups excluding carboxylic acids is 2. The van der Waals surface area contributed by atoms with Crippen molar-refractivity contribution in [2.45, 2.75) is 112 Å². The van der Waals surface area contributed by atoms with Crippen LogP contribution in [0, 0.1) is 29.6 Å². The van der Waals surface area contributed by atoms with E-state index in [9.17, 15) is 30.3 Å². The summed E-state index contributed by atoms with van der Waals surface area (Å²) in [4.78, 5) is 37.9. The maximum absolute atomic E-state index is 16.1. The summed E-state index contributed by atoms with van der Waals surface area (Å²) in [7, 11) is 1.83. The molecule has 7 bridgehead atoms. The number of rotatable bonds is 8. The van der Waals surface area contributed by atoms with Gasteiger partial charge in [0, 0.05) is 84.4 Å². The van der Waals surface area contributed by atoms with Gasteiger partial charge in [-0.15, -0.1) is 0 Å². The molecule has 9 N–H and O–H groups in total. The molecular weight excluding hydrogens is 905 g/mol. The number of hydrogen-bond donors (Lipinski definition) is 9. The summed E-state index contributed by atoms with van der Waals surface area (Å²) in [5.41, 5.74) is 7.60. The highest BCUT2D eigenvalue weighted by Gasteiger charge is 2.47. The summed E-state index contributed by atoms with van der Waals surface area (Å²) in [6.45, 7) is -0.0372. The number of aromatic amines is 2. The first kappa shape index (κ1) is 47.7. The fourth-order valence-electron chi connectivity index (χ4n) is 12.7. The Morgan fingerprint density at radius 2 is 1.71 bits per heavy atom. The predicted molar refractivity (Wildman–Crippen MR) is 277 cm³/mol. The number of allylic oxidation sites excluding steroid dienone is 1. The van der Waals surface area contributed by atoms with Crippen LogP contribution in [0.4, 0.5) is 5.82 Å². The first-order chi connectivity index (χ1) is 35.0. The number of aromatic nitrogens is 2. The van der Waals surface area contributed by atoms with Gasteiger partial charge in [-0.25, -0.2) is 0 Å². The van der Waals surface area contributed by atoms with Crippen LogP contribution >= 0.6 is 0 Å². The number of phenols is 2. The van der Waals surface area contributed by atoms with Crippen LogP contribution in [0.5, 0.6) is 17.2 Å². The number of ether oxygens (including phenoxy) is 1. The predicted octanol–water partition coefficient (Wildman–Crippen LogP) is 8.11. The molecule has 0 radical (unpaired) electrons. The summed E-state index contributed by atoms with van der Waals surface area (Å²) in [5, 5.41) is 65.9. The van der Waals surface area contributed by atoms with Crippen molar-refractivity contribution in [2.24, 2.45) is 17.8 Å². The van der Waals surface area contributed by atoms with Gasteiger partial charge < -0.3 is 50.9 Å². The zero-order valence-corrected chi connectivity index (χ0v) is 40.7. The molecule has 5 heterocycles. The molecule has 12 nitrogen and oxygen atoms in total. The molecule has 4 aliphatic carbocycles. The van der Waals surface area contributed by atoms with E-state index >= 15 is 4.79 Å². The van der Waals surface area contributed by atoms with Crippen LogP contribution < -0.4 is 15.4 Å². The number of Topliss-reactive ketones (excluding diaryl/α,β-unsaturated/α-hetero) is 2. The minimum absolute atomic E-state index is 0.00505. The largest absolute Gasteiger partial charge is 0.507 e. The molecule has 0 saturated heterocycles. The Morgan fingerprint density at radius 1 is 0.875 bits per heavy atom. The number of benzene rings is 3. The second-order valence-electron chi connectivity index (χ2n) is 21.0. The number of H-pyrrole nitrogens is 2. The summed E-state index contributed by atoms with van der Waals surface area (Å²) in [6, 6.07) is 18.6. The van der Waals surface area contributed by atoms with Crippen LogP contribution in [0.1, 0.15) is 125 Å². The average molecular weight is 969 g/mol. The summed E-state index contributed by atoms with van der Waals surface area (Å²) in [5.74, 6) is 3.49. The van der Waals surface area contributed by atoms with Crippen molar-refractivity contribution in [1.82, 2.24) is 15.3 Å². The number of anilines is 1. The third kappa shape index (κ3) is 9.02. The molecule has 9 unspecified atom stereocenters. The Hall–Kier alpha value is -6.62. The third-order valence-corrected chi connectivity index (χ3v) is 16.4. The molecule has 372 valence electrons. The second-order valence-corrected chi connectivity index (χ2v) is 21.0. The van der Waals surface area contributed by atoms with E-state index in [4.69, 9.17) is 4.74 Å². The Labute approximate surface area is 420 Å². The van der Waals surface area contributed by atoms with Gasteiger partial charge >= 0.3 is 0 Å². The van der Waals surface area contributed by atoms with Crippen molar-refractivity contribution < 1.29 is 39.9 Å². The van der Waals surface area contributed by atoms with Crippen molar-refractivity contribution in [1.29, 1.82) is 0 Å². The molecule has 7 aliphatic rings. The number of aliphatic hydroxyl groups excluding tert-OH is 2. The summed E-state index contributed by atoms with van der Waals surface area (Å²) < 4.78 is 6.53. The zero-order chi connectivity index (χ0) is 49.7. The van der Waals surface area contributed by atoms with Crippen LogP contribution in [0.25, 0.3) is 12.2 Å². The van der Waals surface area contributed by atoms with Crippen LogP contribution in [0.15, 0.2) is 96.9 Å². The van der Waals surface area contributed by atoms with E-state index in [0.29, 0.717) is 54.1 Å². The molecule has 0 amide bonds. The Bertz CT molecular complexity index is 3050. The number of aryl methyl sites for hydroxylation is 2. The van der Waals surface area contributed by atoms with Gasteiger partial charge in [0.1, 0.15) is 23.4 Å². The SMILES string of the molecule is CNCC1C#CC2Nc3[nH]ccc3C3C=CC(c4ccc(cc43)Cc3cc(cc(OC4CCCC4)c3O)CCC(=O)C(CCO)C(=O)C3C2=Cc2[nH]ccc2C3CC2(O)C=Cc3c(O)cccc3CC2)C1O. The Balaban J connectivity index is 1.10. The number of nitrogens with one attached hydrogen (secondary N) is 4. The number of aromatic hydroxyl groups is 2. The van der Waals surface area contributed by atoms with Crippen molar-refractivity contribution in [3.8, 4) is 29.1 Å². The van der Waals surface area contributed by atoms with E-state index in [2.05, 4.69) is 62.8 Å². The molecule has 12 heteroatoms. The maximum atomic E-state index is 16.1. The average Bonchev–Trinajstić information content (AvgIpc) is 4.16. The van der Waals surface area contributed by atoms with Crippen LogP contribution in [-0.2, 0) is 28.9 Å². The molecule has 1 fully saturated rings. The molecule has 1 saturated carbocycles. The molecule has 12 rings (SSSR count). The lowest BCUT2D eigenvalue weighted by atomic mass is 9.65. The lowest BCUT2D eigenvalue weighted by Gasteiger charge is -2.40. The normalized spacial score (nSPS) is 27.8. The topological polar surface area (TPSA) is 200 Å². The van der Waals surface area contributed by atoms with E-state index in [1.165, 1.54) is 0 Å². The minimum atomic E-state index is -1.44. The fraction of sp³-hybridized carbons (Fsp3) is 0.400. The Kier molecular flexibility index (Phi) is 13.1. The molecule has 3 aromatic carbocycles. The number of hydrogen-bond acceptors (Lipinski definition) is 10. The number of fused-ring (bicyclic) bond motifs is 8. The third-order valence-electron chi connectivity index (χ3n) is 16.4. The van der Waals surface area contributed by atoms with Crippen molar-refractivity contribution in [3.05, 3.63) is 153 Å². The van der Waals surface area contributed by atoms with Gasteiger partial charge in [0.25, 0.3) is 0 Å². The first-order valence-corrected chi connectivity index (χ1v) is 25.9. The summed E-state index contributed by atoms with van der Waals surface area (Å²) in [6.07, 6.45) is 17.7. The van der Waals surface area contributed by atoms with Gasteiger partial charge in [-0.1, -0.05) is 72.5 Å². The number of ketones is 2. The highest BCUT2D eigenvalue weighted by molar-refractivity contribution is 6.05. The van der Waals surface area contributed by atoms with Gasteiger partial charge in [-0.05, 0) is 134 Å². The van der Waals surface area contributed by atoms with Gasteiger partial charge in [0.05, 0.1) is 29.6 Å². The van der Waals surface area contributed by atoms with Crippen LogP contribution in [0.3, 0.4) is 0 Å². The fourth-order valence-corrected chi connectivity index (χ4v) is 12.7. The number of phenolic OH excluding ortho intramolecular Hbond substituents is 2. The number of carbonyl (C=O) groups is 2. The van der Waals surface area contributed by atoms with E-state index in [-0.39, 0.29) is 60.8 Å². The molecule has 0 spiro atoms. The van der Waals surface area contributed by atoms with Gasteiger partial charge in [-0.2, -0.15) is 0 Å². The number of aliphatic hydroxyl groups is 3.